The number of carbonyl (C=O) groups is 2. The number of ether oxygens (including phenoxy) is 1. The van der Waals surface area contributed by atoms with Crippen LogP contribution in [0.2, 0.25) is 0 Å². The minimum absolute atomic E-state index is 0.0819. The van der Waals surface area contributed by atoms with Gasteiger partial charge in [-0.3, -0.25) is 13.7 Å². The number of carbonyl (C=O) groups excluding carboxylic acids is 2. The maximum atomic E-state index is 13.6. The average Bonchev–Trinajstić information content (AvgIpc) is 3.26. The number of alkyl halides is 3. The van der Waals surface area contributed by atoms with E-state index in [9.17, 15) is 31.2 Å². The zero-order valence-electron chi connectivity index (χ0n) is 19.7. The number of nitrogens with zero attached hydrogens (tertiary/aromatic N) is 2. The Morgan fingerprint density at radius 1 is 0.973 bits per heavy atom. The lowest BCUT2D eigenvalue weighted by atomic mass is 10.2. The number of fused-ring (bicyclic) bond motifs is 1. The van der Waals surface area contributed by atoms with Crippen molar-refractivity contribution in [2.45, 2.75) is 18.0 Å². The van der Waals surface area contributed by atoms with Crippen molar-refractivity contribution in [3.8, 4) is 0 Å². The Morgan fingerprint density at radius 3 is 2.30 bits per heavy atom. The van der Waals surface area contributed by atoms with Crippen molar-refractivity contribution in [3.05, 3.63) is 95.7 Å². The summed E-state index contributed by atoms with van der Waals surface area (Å²) in [5, 5.41) is 0.398. The lowest BCUT2D eigenvalue weighted by molar-refractivity contribution is -0.137. The highest BCUT2D eigenvalue weighted by Gasteiger charge is 2.34. The summed E-state index contributed by atoms with van der Waals surface area (Å²) in [5.74, 6) is -1.50. The van der Waals surface area contributed by atoms with E-state index in [1.807, 2.05) is 0 Å². The fraction of sp³-hybridized carbons (Fsp3) is 0.154. The summed E-state index contributed by atoms with van der Waals surface area (Å²) in [6.07, 6.45) is -3.51. The van der Waals surface area contributed by atoms with Crippen molar-refractivity contribution in [1.82, 2.24) is 4.57 Å². The Bertz CT molecular complexity index is 1590. The molecule has 1 aromatic heterocycles. The van der Waals surface area contributed by atoms with Gasteiger partial charge in [-0.1, -0.05) is 42.0 Å². The molecule has 3 aromatic carbocycles. The number of benzene rings is 3. The molecule has 0 unspecified atom stereocenters. The fourth-order valence-electron chi connectivity index (χ4n) is 3.85. The van der Waals surface area contributed by atoms with E-state index in [-0.39, 0.29) is 16.1 Å². The molecule has 0 fully saturated rings. The second-order valence-corrected chi connectivity index (χ2v) is 10.1. The SMILES string of the molecule is COC(=O)c1cn(C(=O)CN(c2cccc(C(F)(F)F)c2)S(=O)(=O)c2ccc(C)cc2)c2ccccc12. The number of hydrogen-bond donors (Lipinski definition) is 0. The normalized spacial score (nSPS) is 11.9. The predicted octanol–water partition coefficient (Wildman–Crippen LogP) is 5.29. The van der Waals surface area contributed by atoms with Crippen LogP contribution in [-0.2, 0) is 20.9 Å². The van der Waals surface area contributed by atoms with E-state index in [1.54, 1.807) is 43.3 Å². The van der Waals surface area contributed by atoms with Crippen LogP contribution in [0.15, 0.2) is 83.9 Å². The molecule has 0 bridgehead atoms. The number of hydrogen-bond acceptors (Lipinski definition) is 5. The van der Waals surface area contributed by atoms with Crippen molar-refractivity contribution in [2.75, 3.05) is 18.0 Å². The third kappa shape index (κ3) is 5.08. The molecule has 37 heavy (non-hydrogen) atoms. The number of methoxy groups -OCH3 is 1. The topological polar surface area (TPSA) is 85.7 Å². The first-order valence-corrected chi connectivity index (χ1v) is 12.4. The van der Waals surface area contributed by atoms with E-state index < -0.39 is 40.2 Å². The van der Waals surface area contributed by atoms with Crippen LogP contribution >= 0.6 is 0 Å². The van der Waals surface area contributed by atoms with Crippen LogP contribution in [0.1, 0.15) is 26.3 Å². The molecule has 0 atom stereocenters. The van der Waals surface area contributed by atoms with Crippen LogP contribution < -0.4 is 4.31 Å². The zero-order chi connectivity index (χ0) is 27.0. The van der Waals surface area contributed by atoms with Gasteiger partial charge in [-0.05, 0) is 43.3 Å². The molecule has 0 aliphatic heterocycles. The first-order chi connectivity index (χ1) is 17.4. The molecule has 0 aliphatic carbocycles. The molecule has 11 heteroatoms. The summed E-state index contributed by atoms with van der Waals surface area (Å²) in [6.45, 7) is 0.914. The minimum Gasteiger partial charge on any atom is -0.465 e. The van der Waals surface area contributed by atoms with Crippen LogP contribution in [0, 0.1) is 6.92 Å². The van der Waals surface area contributed by atoms with Gasteiger partial charge in [0.05, 0.1) is 34.3 Å². The Morgan fingerprint density at radius 2 is 1.65 bits per heavy atom. The van der Waals surface area contributed by atoms with Gasteiger partial charge in [-0.2, -0.15) is 13.2 Å². The van der Waals surface area contributed by atoms with Gasteiger partial charge in [-0.25, -0.2) is 13.2 Å². The Labute approximate surface area is 210 Å². The molecule has 0 spiro atoms. The largest absolute Gasteiger partial charge is 0.465 e. The van der Waals surface area contributed by atoms with Crippen LogP contribution in [-0.4, -0.2) is 38.5 Å². The molecule has 7 nitrogen and oxygen atoms in total. The van der Waals surface area contributed by atoms with Crippen molar-refractivity contribution >= 4 is 38.5 Å². The Hall–Kier alpha value is -4.12. The number of para-hydroxylation sites is 1. The first kappa shape index (κ1) is 26.0. The maximum absolute atomic E-state index is 13.6. The monoisotopic (exact) mass is 530 g/mol. The number of anilines is 1. The van der Waals surface area contributed by atoms with Crippen molar-refractivity contribution < 1.29 is 35.9 Å². The molecule has 0 amide bonds. The van der Waals surface area contributed by atoms with E-state index in [2.05, 4.69) is 0 Å². The summed E-state index contributed by atoms with van der Waals surface area (Å²) < 4.78 is 74.0. The molecule has 0 radical (unpaired) electrons. The maximum Gasteiger partial charge on any atom is 0.416 e. The number of sulfonamides is 1. The van der Waals surface area contributed by atoms with Gasteiger partial charge in [0.25, 0.3) is 15.9 Å². The van der Waals surface area contributed by atoms with E-state index >= 15 is 0 Å². The number of halogens is 3. The van der Waals surface area contributed by atoms with Gasteiger partial charge >= 0.3 is 12.1 Å². The van der Waals surface area contributed by atoms with E-state index in [4.69, 9.17) is 4.74 Å². The third-order valence-corrected chi connectivity index (χ3v) is 7.52. The molecule has 0 saturated carbocycles. The van der Waals surface area contributed by atoms with Gasteiger partial charge in [0.2, 0.25) is 0 Å². The summed E-state index contributed by atoms with van der Waals surface area (Å²) in [6, 6.07) is 15.9. The molecule has 4 aromatic rings. The zero-order valence-corrected chi connectivity index (χ0v) is 20.5. The molecular weight excluding hydrogens is 509 g/mol. The highest BCUT2D eigenvalue weighted by molar-refractivity contribution is 7.92. The summed E-state index contributed by atoms with van der Waals surface area (Å²) in [7, 11) is -3.28. The molecule has 0 aliphatic rings. The standard InChI is InChI=1S/C26H21F3N2O5S/c1-17-10-12-20(13-11-17)37(34,35)31(19-7-5-6-18(14-19)26(27,28)29)16-24(32)30-15-22(25(33)36-2)21-8-3-4-9-23(21)30/h3-15H,16H2,1-2H3. The van der Waals surface area contributed by atoms with Crippen LogP contribution in [0.3, 0.4) is 0 Å². The van der Waals surface area contributed by atoms with Crippen molar-refractivity contribution in [1.29, 1.82) is 0 Å². The smallest absolute Gasteiger partial charge is 0.416 e. The molecule has 4 rings (SSSR count). The van der Waals surface area contributed by atoms with Crippen LogP contribution in [0.5, 0.6) is 0 Å². The molecular formula is C26H21F3N2O5S. The lowest BCUT2D eigenvalue weighted by Crippen LogP contribution is -2.37. The van der Waals surface area contributed by atoms with Crippen molar-refractivity contribution in [2.24, 2.45) is 0 Å². The number of aromatic nitrogens is 1. The summed E-state index contributed by atoms with van der Waals surface area (Å²) >= 11 is 0. The highest BCUT2D eigenvalue weighted by Crippen LogP contribution is 2.33. The first-order valence-electron chi connectivity index (χ1n) is 10.9. The Balaban J connectivity index is 1.84. The van der Waals surface area contributed by atoms with Gasteiger partial charge in [-0.15, -0.1) is 0 Å². The van der Waals surface area contributed by atoms with Crippen LogP contribution in [0.4, 0.5) is 18.9 Å². The quantitative estimate of drug-likeness (QED) is 0.316. The lowest BCUT2D eigenvalue weighted by Gasteiger charge is -2.25. The number of aryl methyl sites for hydroxylation is 1. The van der Waals surface area contributed by atoms with E-state index in [0.717, 1.165) is 22.3 Å². The van der Waals surface area contributed by atoms with Gasteiger partial charge < -0.3 is 4.74 Å². The average molecular weight is 531 g/mol. The number of esters is 1. The minimum atomic E-state index is -4.73. The highest BCUT2D eigenvalue weighted by atomic mass is 32.2. The second kappa shape index (κ2) is 9.74. The molecule has 192 valence electrons. The van der Waals surface area contributed by atoms with E-state index in [1.165, 1.54) is 31.5 Å². The van der Waals surface area contributed by atoms with Crippen molar-refractivity contribution in [3.63, 3.8) is 0 Å². The van der Waals surface area contributed by atoms with Gasteiger partial charge in [0.1, 0.15) is 6.54 Å². The molecule has 0 N–H and O–H groups in total. The Kier molecular flexibility index (Phi) is 6.83. The van der Waals surface area contributed by atoms with E-state index in [0.29, 0.717) is 21.3 Å². The van der Waals surface area contributed by atoms with Gasteiger partial charge in [0, 0.05) is 11.6 Å². The summed E-state index contributed by atoms with van der Waals surface area (Å²) in [5.41, 5.74) is -0.243. The second-order valence-electron chi connectivity index (χ2n) is 8.19. The van der Waals surface area contributed by atoms with Crippen LogP contribution in [0.25, 0.3) is 10.9 Å². The van der Waals surface area contributed by atoms with Gasteiger partial charge in [0.15, 0.2) is 0 Å². The third-order valence-electron chi connectivity index (χ3n) is 5.74. The molecule has 0 saturated heterocycles. The predicted molar refractivity (Wildman–Crippen MR) is 131 cm³/mol. The number of rotatable bonds is 6. The fourth-order valence-corrected chi connectivity index (χ4v) is 5.25. The summed E-state index contributed by atoms with van der Waals surface area (Å²) in [4.78, 5) is 25.5. The molecule has 1 heterocycles.